The van der Waals surface area contributed by atoms with E-state index in [-0.39, 0.29) is 197 Å². The van der Waals surface area contributed by atoms with Gasteiger partial charge in [-0.2, -0.15) is 0 Å². The zero-order chi connectivity index (χ0) is 26.1. The molecule has 0 fully saturated rings. The molecule has 0 spiro atoms. The summed E-state index contributed by atoms with van der Waals surface area (Å²) >= 11 is 0. The van der Waals surface area contributed by atoms with Crippen LogP contribution in [0.2, 0.25) is 0 Å². The molecule has 0 aromatic carbocycles. The van der Waals surface area contributed by atoms with Crippen LogP contribution in [-0.4, -0.2) is 154 Å². The molecule has 0 aliphatic heterocycles. The second kappa shape index (κ2) is 110. The molecule has 0 saturated carbocycles. The quantitative estimate of drug-likeness (QED) is 0.0698. The molecule has 0 amide bonds. The van der Waals surface area contributed by atoms with Crippen molar-refractivity contribution in [3.05, 3.63) is 0 Å². The van der Waals surface area contributed by atoms with Crippen LogP contribution in [0.15, 0.2) is 0 Å². The molecule has 38 N–H and O–H groups in total. The number of hydrogen-bond donors (Lipinski definition) is 6. The van der Waals surface area contributed by atoms with E-state index in [0.717, 1.165) is 0 Å². The second-order valence-corrected chi connectivity index (χ2v) is 7.04. The number of aliphatic carboxylic acids is 6. The molecule has 2 radical (unpaired) electrons. The molecule has 28 nitrogen and oxygen atoms in total. The summed E-state index contributed by atoms with van der Waals surface area (Å²) in [5.74, 6) is -4.91. The van der Waals surface area contributed by atoms with Gasteiger partial charge in [-0.25, -0.2) is 0 Å². The minimum Gasteiger partial charge on any atom is -0.481 e. The normalized spacial score (nSPS) is 6.12. The van der Waals surface area contributed by atoms with Crippen LogP contribution in [0.1, 0.15) is 96.3 Å². The van der Waals surface area contributed by atoms with Gasteiger partial charge in [-0.3, -0.25) is 28.8 Å². The number of carboxylic acids is 6. The van der Waals surface area contributed by atoms with Crippen molar-refractivity contribution < 1.29 is 218 Å². The van der Waals surface area contributed by atoms with Crippen LogP contribution in [0.4, 0.5) is 0 Å². The third kappa shape index (κ3) is 207. The van der Waals surface area contributed by atoms with Crippen LogP contribution in [-0.2, 0) is 28.8 Å². The molecule has 0 heterocycles. The molecule has 51 heavy (non-hydrogen) atoms. The van der Waals surface area contributed by atoms with Gasteiger partial charge in [-0.1, -0.05) is 19.3 Å². The molecular weight excluding hydrogens is 978 g/mol. The number of carbonyl (C=O) groups is 6. The van der Waals surface area contributed by atoms with Crippen LogP contribution in [0.5, 0.6) is 0 Å². The molecule has 0 rings (SSSR count). The van der Waals surface area contributed by atoms with Gasteiger partial charge in [0, 0.05) is 110 Å². The van der Waals surface area contributed by atoms with Crippen molar-refractivity contribution >= 4 is 35.8 Å². The van der Waals surface area contributed by atoms with Gasteiger partial charge in [0.1, 0.15) is 0 Å². The van der Waals surface area contributed by atoms with Crippen LogP contribution < -0.4 is 0 Å². The summed E-state index contributed by atoms with van der Waals surface area (Å²) in [5, 5.41) is 49.2. The van der Waals surface area contributed by atoms with E-state index in [0.29, 0.717) is 57.8 Å². The molecule has 0 atom stereocenters. The van der Waals surface area contributed by atoms with Crippen molar-refractivity contribution in [2.75, 3.05) is 0 Å². The van der Waals surface area contributed by atoms with Crippen LogP contribution in [0, 0.1) is 71.2 Å². The Labute approximate surface area is 348 Å². The van der Waals surface area contributed by atoms with Gasteiger partial charge in [0.25, 0.3) is 0 Å². The third-order valence-electron chi connectivity index (χ3n) is 3.84. The van der Waals surface area contributed by atoms with Gasteiger partial charge in [0.2, 0.25) is 0 Å². The molecule has 30 heteroatoms. The van der Waals surface area contributed by atoms with E-state index in [1.54, 1.807) is 0 Å². The number of hydrogen-bond acceptors (Lipinski definition) is 6. The molecule has 0 bridgehead atoms. The molecule has 0 aromatic heterocycles. The predicted octanol–water partition coefficient (Wildman–Crippen LogP) is -9.88. The van der Waals surface area contributed by atoms with E-state index in [1.807, 2.05) is 0 Å². The van der Waals surface area contributed by atoms with Gasteiger partial charge in [-0.15, -0.1) is 0 Å². The van der Waals surface area contributed by atoms with Gasteiger partial charge in [-0.05, 0) is 38.5 Å². The molecule has 326 valence electrons. The monoisotopic (exact) mass is 1050 g/mol. The third-order valence-corrected chi connectivity index (χ3v) is 3.84. The van der Waals surface area contributed by atoms with Gasteiger partial charge >= 0.3 is 35.8 Å². The fourth-order valence-corrected chi connectivity index (χ4v) is 2.19. The van der Waals surface area contributed by atoms with Crippen molar-refractivity contribution in [2.45, 2.75) is 96.3 Å². The van der Waals surface area contributed by atoms with Crippen LogP contribution in [0.25, 0.3) is 0 Å². The summed E-state index contributed by atoms with van der Waals surface area (Å²) in [4.78, 5) is 59.9. The maximum Gasteiger partial charge on any atom is 0.303 e. The maximum absolute atomic E-state index is 9.98. The summed E-state index contributed by atoms with van der Waals surface area (Å²) in [6.45, 7) is 0. The summed E-state index contributed by atoms with van der Waals surface area (Å²) in [6.07, 6.45) is 6.30. The smallest absolute Gasteiger partial charge is 0.303 e. The zero-order valence-corrected chi connectivity index (χ0v) is 35.1. The molecule has 0 aliphatic rings. The molecule has 0 aromatic rings. The van der Waals surface area contributed by atoms with E-state index in [4.69, 9.17) is 30.6 Å². The first kappa shape index (κ1) is 143. The fourth-order valence-electron chi connectivity index (χ4n) is 2.19. The van der Waals surface area contributed by atoms with Crippen molar-refractivity contribution in [2.24, 2.45) is 0 Å². The molecule has 0 saturated heterocycles. The molecule has 0 unspecified atom stereocenters. The average molecular weight is 1050 g/mol. The fraction of sp³-hybridized carbons (Fsp3) is 0.714. The standard InChI is InChI=1S/3C7H12O4.2La.16H2O/c3*8-6(9)4-2-1-3-5-7(10)11;;;;;;;;;;;;;;;;;;/h3*1-5H2,(H,8,9)(H,10,11);;;16*1H2. The first-order valence-electron chi connectivity index (χ1n) is 10.7. The SMILES string of the molecule is O.O.O.O.O.O.O.O.O.O.O.O.O.O.O.O.O=C(O)CCCCCC(=O)O.O=C(O)CCCCCC(=O)O.O=C(O)CCCCCC(=O)O.[La].[La]. The summed E-state index contributed by atoms with van der Waals surface area (Å²) in [7, 11) is 0. The summed E-state index contributed by atoms with van der Waals surface area (Å²) in [6, 6.07) is 0. The van der Waals surface area contributed by atoms with E-state index in [1.165, 1.54) is 0 Å². The second-order valence-electron chi connectivity index (χ2n) is 7.04. The Hall–Kier alpha value is -1.43. The Bertz CT molecular complexity index is 486. The van der Waals surface area contributed by atoms with E-state index < -0.39 is 35.8 Å². The Morgan fingerprint density at radius 2 is 0.294 bits per heavy atom. The largest absolute Gasteiger partial charge is 0.481 e. The predicted molar refractivity (Wildman–Crippen MR) is 173 cm³/mol. The molecular formula is C21H68La2O28. The zero-order valence-electron chi connectivity index (χ0n) is 27.9. The van der Waals surface area contributed by atoms with Crippen LogP contribution >= 0.6 is 0 Å². The summed E-state index contributed by atoms with van der Waals surface area (Å²) in [5.41, 5.74) is 0. The number of rotatable bonds is 18. The minimum atomic E-state index is -0.819. The maximum atomic E-state index is 9.98. The van der Waals surface area contributed by atoms with Crippen molar-refractivity contribution in [3.63, 3.8) is 0 Å². The van der Waals surface area contributed by atoms with E-state index in [9.17, 15) is 28.8 Å². The number of unbranched alkanes of at least 4 members (excludes halogenated alkanes) is 6. The van der Waals surface area contributed by atoms with Gasteiger partial charge < -0.3 is 118 Å². The van der Waals surface area contributed by atoms with E-state index in [2.05, 4.69) is 0 Å². The van der Waals surface area contributed by atoms with Gasteiger partial charge in [0.05, 0.1) is 0 Å². The number of carboxylic acid groups (broad SMARTS) is 6. The van der Waals surface area contributed by atoms with Crippen LogP contribution in [0.3, 0.4) is 0 Å². The Kier molecular flexibility index (Phi) is 310. The van der Waals surface area contributed by atoms with Crippen molar-refractivity contribution in [3.8, 4) is 0 Å². The van der Waals surface area contributed by atoms with Crippen molar-refractivity contribution in [1.82, 2.24) is 0 Å². The topological polar surface area (TPSA) is 728 Å². The summed E-state index contributed by atoms with van der Waals surface area (Å²) < 4.78 is 0. The Morgan fingerprint density at radius 1 is 0.216 bits per heavy atom. The first-order valence-corrected chi connectivity index (χ1v) is 10.7. The Morgan fingerprint density at radius 3 is 0.353 bits per heavy atom. The first-order chi connectivity index (χ1) is 15.4. The van der Waals surface area contributed by atoms with E-state index >= 15 is 0 Å². The van der Waals surface area contributed by atoms with Crippen molar-refractivity contribution in [1.29, 1.82) is 0 Å². The molecule has 0 aliphatic carbocycles. The van der Waals surface area contributed by atoms with Gasteiger partial charge in [0.15, 0.2) is 0 Å². The average Bonchev–Trinajstić information content (AvgIpc) is 2.67. The Balaban J connectivity index is -0.0000000118. The minimum absolute atomic E-state index is 0.